The van der Waals surface area contributed by atoms with Gasteiger partial charge in [0.15, 0.2) is 0 Å². The molecule has 0 spiro atoms. The molecule has 0 fully saturated rings. The Bertz CT molecular complexity index is 1160. The highest BCUT2D eigenvalue weighted by molar-refractivity contribution is 5.85. The maximum Gasteiger partial charge on any atom is 0.416 e. The Labute approximate surface area is 180 Å². The Kier molecular flexibility index (Phi) is 5.64. The van der Waals surface area contributed by atoms with E-state index in [4.69, 9.17) is 4.74 Å². The molecule has 2 aromatic carbocycles. The Hall–Kier alpha value is -3.76. The van der Waals surface area contributed by atoms with Crippen LogP contribution in [0.3, 0.4) is 0 Å². The SMILES string of the molecule is COC(=O)[C@@H]1Cc2ccccc2CN1C(=O)Cn1nnc(-c2cccc(C(F)(F)F)c2)n1. The first-order valence-electron chi connectivity index (χ1n) is 9.66. The number of aromatic nitrogens is 4. The third kappa shape index (κ3) is 4.32. The first-order valence-corrected chi connectivity index (χ1v) is 9.66. The van der Waals surface area contributed by atoms with E-state index in [-0.39, 0.29) is 24.5 Å². The van der Waals surface area contributed by atoms with Crippen LogP contribution in [0.5, 0.6) is 0 Å². The van der Waals surface area contributed by atoms with Crippen LogP contribution in [0, 0.1) is 0 Å². The molecule has 3 aromatic rings. The highest BCUT2D eigenvalue weighted by Gasteiger charge is 2.35. The van der Waals surface area contributed by atoms with E-state index < -0.39 is 29.7 Å². The highest BCUT2D eigenvalue weighted by Crippen LogP contribution is 2.31. The number of methoxy groups -OCH3 is 1. The Morgan fingerprint density at radius 1 is 1.12 bits per heavy atom. The van der Waals surface area contributed by atoms with Gasteiger partial charge in [0, 0.05) is 18.5 Å². The predicted octanol–water partition coefficient (Wildman–Crippen LogP) is 2.49. The minimum atomic E-state index is -4.50. The summed E-state index contributed by atoms with van der Waals surface area (Å²) in [5, 5.41) is 11.6. The molecule has 1 aliphatic heterocycles. The monoisotopic (exact) mass is 445 g/mol. The maximum atomic E-state index is 13.0. The van der Waals surface area contributed by atoms with Crippen molar-refractivity contribution in [2.24, 2.45) is 0 Å². The fraction of sp³-hybridized carbons (Fsp3) is 0.286. The number of hydrogen-bond acceptors (Lipinski definition) is 6. The van der Waals surface area contributed by atoms with E-state index >= 15 is 0 Å². The standard InChI is InChI=1S/C21H18F3N5O3/c1-32-20(31)17-10-13-5-2-3-6-15(13)11-28(17)18(30)12-29-26-19(25-27-29)14-7-4-8-16(9-14)21(22,23)24/h2-9,17H,10-12H2,1H3/t17-/m0/s1. The summed E-state index contributed by atoms with van der Waals surface area (Å²) in [6, 6.07) is 11.2. The van der Waals surface area contributed by atoms with Crippen LogP contribution in [0.4, 0.5) is 13.2 Å². The molecule has 0 unspecified atom stereocenters. The molecule has 0 radical (unpaired) electrons. The van der Waals surface area contributed by atoms with Crippen molar-refractivity contribution < 1.29 is 27.5 Å². The van der Waals surface area contributed by atoms with Crippen molar-refractivity contribution in [3.8, 4) is 11.4 Å². The molecule has 1 amide bonds. The van der Waals surface area contributed by atoms with Crippen LogP contribution in [0.2, 0.25) is 0 Å². The number of halogens is 3. The number of carbonyl (C=O) groups is 2. The van der Waals surface area contributed by atoms with E-state index in [1.807, 2.05) is 24.3 Å². The van der Waals surface area contributed by atoms with Crippen molar-refractivity contribution in [1.29, 1.82) is 0 Å². The zero-order valence-corrected chi connectivity index (χ0v) is 16.9. The van der Waals surface area contributed by atoms with Crippen molar-refractivity contribution in [1.82, 2.24) is 25.1 Å². The molecule has 0 N–H and O–H groups in total. The third-order valence-corrected chi connectivity index (χ3v) is 5.22. The second kappa shape index (κ2) is 8.40. The highest BCUT2D eigenvalue weighted by atomic mass is 19.4. The van der Waals surface area contributed by atoms with Crippen molar-refractivity contribution in [3.05, 3.63) is 65.2 Å². The average molecular weight is 445 g/mol. The first-order chi connectivity index (χ1) is 15.3. The van der Waals surface area contributed by atoms with Gasteiger partial charge in [-0.2, -0.15) is 18.0 Å². The minimum Gasteiger partial charge on any atom is -0.467 e. The number of benzene rings is 2. The number of nitrogens with zero attached hydrogens (tertiary/aromatic N) is 5. The summed E-state index contributed by atoms with van der Waals surface area (Å²) in [5.74, 6) is -1.02. The van der Waals surface area contributed by atoms with E-state index in [1.54, 1.807) is 0 Å². The summed E-state index contributed by atoms with van der Waals surface area (Å²) in [6.07, 6.45) is -4.19. The second-order valence-electron chi connectivity index (χ2n) is 7.26. The normalized spacial score (nSPS) is 15.9. The van der Waals surface area contributed by atoms with E-state index in [0.29, 0.717) is 6.42 Å². The summed E-state index contributed by atoms with van der Waals surface area (Å²) in [6.45, 7) is -0.119. The van der Waals surface area contributed by atoms with Crippen LogP contribution in [0.1, 0.15) is 16.7 Å². The lowest BCUT2D eigenvalue weighted by Crippen LogP contribution is -2.50. The molecule has 166 valence electrons. The van der Waals surface area contributed by atoms with Crippen molar-refractivity contribution in [2.75, 3.05) is 7.11 Å². The molecular weight excluding hydrogens is 427 g/mol. The predicted molar refractivity (Wildman–Crippen MR) is 105 cm³/mol. The summed E-state index contributed by atoms with van der Waals surface area (Å²) in [4.78, 5) is 27.7. The van der Waals surface area contributed by atoms with Gasteiger partial charge < -0.3 is 9.64 Å². The molecule has 8 nitrogen and oxygen atoms in total. The van der Waals surface area contributed by atoms with Gasteiger partial charge in [0.25, 0.3) is 0 Å². The van der Waals surface area contributed by atoms with Crippen LogP contribution < -0.4 is 0 Å². The molecule has 1 atom stereocenters. The molecule has 32 heavy (non-hydrogen) atoms. The van der Waals surface area contributed by atoms with Crippen LogP contribution in [-0.2, 0) is 40.0 Å². The molecule has 11 heteroatoms. The smallest absolute Gasteiger partial charge is 0.416 e. The van der Waals surface area contributed by atoms with Crippen LogP contribution in [0.15, 0.2) is 48.5 Å². The zero-order valence-electron chi connectivity index (χ0n) is 16.9. The molecule has 2 heterocycles. The number of amides is 1. The molecular formula is C21H18F3N5O3. The van der Waals surface area contributed by atoms with Crippen molar-refractivity contribution in [3.63, 3.8) is 0 Å². The molecule has 1 aliphatic rings. The number of hydrogen-bond donors (Lipinski definition) is 0. The van der Waals surface area contributed by atoms with Gasteiger partial charge in [-0.15, -0.1) is 10.2 Å². The lowest BCUT2D eigenvalue weighted by molar-refractivity contribution is -0.154. The number of fused-ring (bicyclic) bond motifs is 1. The average Bonchev–Trinajstić information content (AvgIpc) is 3.25. The molecule has 0 bridgehead atoms. The maximum absolute atomic E-state index is 13.0. The van der Waals surface area contributed by atoms with Crippen LogP contribution in [-0.4, -0.2) is 50.1 Å². The molecule has 0 saturated heterocycles. The van der Waals surface area contributed by atoms with Gasteiger partial charge in [-0.25, -0.2) is 4.79 Å². The number of rotatable bonds is 4. The van der Waals surface area contributed by atoms with Gasteiger partial charge in [0.05, 0.1) is 12.7 Å². The van der Waals surface area contributed by atoms with Gasteiger partial charge in [-0.1, -0.05) is 36.4 Å². The number of esters is 1. The fourth-order valence-electron chi connectivity index (χ4n) is 3.60. The van der Waals surface area contributed by atoms with E-state index in [1.165, 1.54) is 24.1 Å². The van der Waals surface area contributed by atoms with Crippen molar-refractivity contribution >= 4 is 11.9 Å². The fourth-order valence-corrected chi connectivity index (χ4v) is 3.60. The summed E-state index contributed by atoms with van der Waals surface area (Å²) >= 11 is 0. The summed E-state index contributed by atoms with van der Waals surface area (Å²) in [7, 11) is 1.26. The van der Waals surface area contributed by atoms with E-state index in [0.717, 1.165) is 28.1 Å². The Morgan fingerprint density at radius 2 is 1.88 bits per heavy atom. The van der Waals surface area contributed by atoms with Gasteiger partial charge in [-0.05, 0) is 28.5 Å². The number of tetrazole rings is 1. The first kappa shape index (κ1) is 21.5. The van der Waals surface area contributed by atoms with Gasteiger partial charge >= 0.3 is 12.1 Å². The van der Waals surface area contributed by atoms with Gasteiger partial charge in [0.2, 0.25) is 11.7 Å². The van der Waals surface area contributed by atoms with Crippen molar-refractivity contribution in [2.45, 2.75) is 31.7 Å². The largest absolute Gasteiger partial charge is 0.467 e. The zero-order chi connectivity index (χ0) is 22.9. The second-order valence-corrected chi connectivity index (χ2v) is 7.26. The van der Waals surface area contributed by atoms with Gasteiger partial charge in [-0.3, -0.25) is 4.79 Å². The van der Waals surface area contributed by atoms with Crippen LogP contribution in [0.25, 0.3) is 11.4 Å². The Balaban J connectivity index is 1.54. The minimum absolute atomic E-state index is 0.0441. The van der Waals surface area contributed by atoms with E-state index in [2.05, 4.69) is 15.4 Å². The molecule has 4 rings (SSSR count). The molecule has 0 saturated carbocycles. The number of ether oxygens (including phenoxy) is 1. The topological polar surface area (TPSA) is 90.2 Å². The molecule has 0 aliphatic carbocycles. The summed E-state index contributed by atoms with van der Waals surface area (Å²) < 4.78 is 43.7. The lowest BCUT2D eigenvalue weighted by atomic mass is 9.94. The lowest BCUT2D eigenvalue weighted by Gasteiger charge is -2.35. The third-order valence-electron chi connectivity index (χ3n) is 5.22. The molecule has 1 aromatic heterocycles. The quantitative estimate of drug-likeness (QED) is 0.574. The number of carbonyl (C=O) groups excluding carboxylic acids is 2. The van der Waals surface area contributed by atoms with E-state index in [9.17, 15) is 22.8 Å². The Morgan fingerprint density at radius 3 is 2.59 bits per heavy atom. The van der Waals surface area contributed by atoms with Gasteiger partial charge in [0.1, 0.15) is 12.6 Å². The summed E-state index contributed by atoms with van der Waals surface area (Å²) in [5.41, 5.74) is 1.16. The van der Waals surface area contributed by atoms with Crippen LogP contribution >= 0.6 is 0 Å². The number of alkyl halides is 3.